The quantitative estimate of drug-likeness (QED) is 0.503. The van der Waals surface area contributed by atoms with Gasteiger partial charge in [0, 0.05) is 10.1 Å². The van der Waals surface area contributed by atoms with Crippen molar-refractivity contribution in [1.82, 2.24) is 5.32 Å². The minimum atomic E-state index is -0.504. The van der Waals surface area contributed by atoms with E-state index in [1.165, 1.54) is 0 Å². The summed E-state index contributed by atoms with van der Waals surface area (Å²) in [6.45, 7) is 3.54. The average molecular weight is 345 g/mol. The molecular formula is C12H12INO3. The van der Waals surface area contributed by atoms with Crippen LogP contribution < -0.4 is 5.32 Å². The number of benzene rings is 1. The molecule has 0 aliphatic heterocycles. The third kappa shape index (κ3) is 4.99. The molecule has 17 heavy (non-hydrogen) atoms. The zero-order valence-corrected chi connectivity index (χ0v) is 11.3. The molecule has 0 bridgehead atoms. The van der Waals surface area contributed by atoms with Gasteiger partial charge >= 0.3 is 5.97 Å². The lowest BCUT2D eigenvalue weighted by atomic mass is 10.2. The van der Waals surface area contributed by atoms with E-state index < -0.39 is 5.97 Å². The molecule has 0 atom stereocenters. The molecule has 1 N–H and O–H groups in total. The van der Waals surface area contributed by atoms with Gasteiger partial charge in [-0.3, -0.25) is 4.79 Å². The van der Waals surface area contributed by atoms with Crippen LogP contribution in [0.15, 0.2) is 36.9 Å². The summed E-state index contributed by atoms with van der Waals surface area (Å²) in [6.07, 6.45) is 1.55. The lowest BCUT2D eigenvalue weighted by Gasteiger charge is -2.04. The fourth-order valence-electron chi connectivity index (χ4n) is 1.04. The van der Waals surface area contributed by atoms with Gasteiger partial charge in [0.25, 0.3) is 5.91 Å². The van der Waals surface area contributed by atoms with Crippen LogP contribution in [0, 0.1) is 3.57 Å². The SMILES string of the molecule is C=CCNC(=O)COC(=O)c1ccc(I)cc1. The minimum absolute atomic E-state index is 0.279. The van der Waals surface area contributed by atoms with E-state index in [-0.39, 0.29) is 12.5 Å². The molecule has 1 rings (SSSR count). The number of carbonyl (C=O) groups excluding carboxylic acids is 2. The lowest BCUT2D eigenvalue weighted by Crippen LogP contribution is -2.28. The van der Waals surface area contributed by atoms with Crippen LogP contribution in [0.2, 0.25) is 0 Å². The fourth-order valence-corrected chi connectivity index (χ4v) is 1.40. The van der Waals surface area contributed by atoms with Crippen molar-refractivity contribution in [2.45, 2.75) is 0 Å². The number of nitrogens with one attached hydrogen (secondary N) is 1. The van der Waals surface area contributed by atoms with Gasteiger partial charge in [-0.2, -0.15) is 0 Å². The van der Waals surface area contributed by atoms with Gasteiger partial charge in [0.15, 0.2) is 6.61 Å². The van der Waals surface area contributed by atoms with Gasteiger partial charge in [-0.05, 0) is 46.9 Å². The molecule has 90 valence electrons. The molecule has 4 nitrogen and oxygen atoms in total. The normalized spacial score (nSPS) is 9.47. The van der Waals surface area contributed by atoms with Crippen LogP contribution in [0.5, 0.6) is 0 Å². The van der Waals surface area contributed by atoms with Crippen LogP contribution in [0.4, 0.5) is 0 Å². The molecule has 5 heteroatoms. The first kappa shape index (κ1) is 13.7. The molecule has 0 saturated carbocycles. The van der Waals surface area contributed by atoms with Crippen molar-refractivity contribution in [1.29, 1.82) is 0 Å². The monoisotopic (exact) mass is 345 g/mol. The molecule has 1 amide bonds. The Morgan fingerprint density at radius 1 is 1.35 bits per heavy atom. The molecule has 0 fully saturated rings. The summed E-state index contributed by atoms with van der Waals surface area (Å²) >= 11 is 2.14. The van der Waals surface area contributed by atoms with Crippen molar-refractivity contribution in [2.75, 3.05) is 13.2 Å². The summed E-state index contributed by atoms with van der Waals surface area (Å²) < 4.78 is 5.87. The molecular weight excluding hydrogens is 333 g/mol. The van der Waals surface area contributed by atoms with Crippen molar-refractivity contribution in [3.8, 4) is 0 Å². The van der Waals surface area contributed by atoms with Gasteiger partial charge in [-0.15, -0.1) is 6.58 Å². The predicted molar refractivity (Wildman–Crippen MR) is 72.6 cm³/mol. The van der Waals surface area contributed by atoms with Crippen molar-refractivity contribution < 1.29 is 14.3 Å². The first-order valence-electron chi connectivity index (χ1n) is 4.94. The van der Waals surface area contributed by atoms with Crippen LogP contribution in [0.3, 0.4) is 0 Å². The summed E-state index contributed by atoms with van der Waals surface area (Å²) in [4.78, 5) is 22.7. The van der Waals surface area contributed by atoms with E-state index >= 15 is 0 Å². The van der Waals surface area contributed by atoms with Crippen LogP contribution in [-0.4, -0.2) is 25.0 Å². The second kappa shape index (κ2) is 7.05. The highest BCUT2D eigenvalue weighted by molar-refractivity contribution is 14.1. The average Bonchev–Trinajstić information content (AvgIpc) is 2.34. The molecule has 0 aliphatic rings. The molecule has 0 aromatic heterocycles. The Bertz CT molecular complexity index is 414. The second-order valence-corrected chi connectivity index (χ2v) is 4.42. The van der Waals surface area contributed by atoms with Crippen LogP contribution in [0.1, 0.15) is 10.4 Å². The Hall–Kier alpha value is -1.37. The van der Waals surface area contributed by atoms with E-state index in [2.05, 4.69) is 34.5 Å². The first-order chi connectivity index (χ1) is 8.13. The Kier molecular flexibility index (Phi) is 5.68. The predicted octanol–water partition coefficient (Wildman–Crippen LogP) is 1.75. The Morgan fingerprint density at radius 2 is 2.00 bits per heavy atom. The number of amides is 1. The van der Waals surface area contributed by atoms with E-state index in [1.807, 2.05) is 0 Å². The van der Waals surface area contributed by atoms with E-state index in [9.17, 15) is 9.59 Å². The largest absolute Gasteiger partial charge is 0.452 e. The third-order valence-corrected chi connectivity index (χ3v) is 2.58. The third-order valence-electron chi connectivity index (χ3n) is 1.86. The molecule has 0 saturated heterocycles. The summed E-state index contributed by atoms with van der Waals surface area (Å²) in [5, 5.41) is 2.51. The molecule has 1 aromatic carbocycles. The molecule has 0 spiro atoms. The Labute approximate surface area is 113 Å². The molecule has 1 aromatic rings. The van der Waals surface area contributed by atoms with E-state index in [0.29, 0.717) is 12.1 Å². The summed E-state index contributed by atoms with van der Waals surface area (Å²) in [6, 6.07) is 6.92. The smallest absolute Gasteiger partial charge is 0.338 e. The van der Waals surface area contributed by atoms with Crippen LogP contribution >= 0.6 is 22.6 Å². The maximum atomic E-state index is 11.5. The Balaban J connectivity index is 2.42. The number of halogens is 1. The maximum absolute atomic E-state index is 11.5. The van der Waals surface area contributed by atoms with Gasteiger partial charge in [0.1, 0.15) is 0 Å². The van der Waals surface area contributed by atoms with E-state index in [1.54, 1.807) is 30.3 Å². The highest BCUT2D eigenvalue weighted by Crippen LogP contribution is 2.07. The molecule has 0 unspecified atom stereocenters. The number of ether oxygens (including phenoxy) is 1. The molecule has 0 heterocycles. The number of hydrogen-bond donors (Lipinski definition) is 1. The minimum Gasteiger partial charge on any atom is -0.452 e. The van der Waals surface area contributed by atoms with Gasteiger partial charge in [-0.1, -0.05) is 6.08 Å². The first-order valence-corrected chi connectivity index (χ1v) is 6.01. The molecule has 0 aliphatic carbocycles. The standard InChI is InChI=1S/C12H12INO3/c1-2-7-14-11(15)8-17-12(16)9-3-5-10(13)6-4-9/h2-6H,1,7-8H2,(H,14,15). The van der Waals surface area contributed by atoms with Crippen molar-refractivity contribution >= 4 is 34.5 Å². The van der Waals surface area contributed by atoms with Gasteiger partial charge < -0.3 is 10.1 Å². The number of esters is 1. The van der Waals surface area contributed by atoms with Crippen LogP contribution in [-0.2, 0) is 9.53 Å². The zero-order chi connectivity index (χ0) is 12.7. The summed E-state index contributed by atoms with van der Waals surface area (Å²) in [5.41, 5.74) is 0.432. The summed E-state index contributed by atoms with van der Waals surface area (Å²) in [7, 11) is 0. The summed E-state index contributed by atoms with van der Waals surface area (Å²) in [5.74, 6) is -0.848. The topological polar surface area (TPSA) is 55.4 Å². The highest BCUT2D eigenvalue weighted by atomic mass is 127. The maximum Gasteiger partial charge on any atom is 0.338 e. The lowest BCUT2D eigenvalue weighted by molar-refractivity contribution is -0.124. The van der Waals surface area contributed by atoms with Gasteiger partial charge in [-0.25, -0.2) is 4.79 Å². The Morgan fingerprint density at radius 3 is 2.59 bits per heavy atom. The highest BCUT2D eigenvalue weighted by Gasteiger charge is 2.09. The fraction of sp³-hybridized carbons (Fsp3) is 0.167. The van der Waals surface area contributed by atoms with Crippen molar-refractivity contribution in [3.63, 3.8) is 0 Å². The molecule has 0 radical (unpaired) electrons. The van der Waals surface area contributed by atoms with Crippen molar-refractivity contribution in [3.05, 3.63) is 46.1 Å². The number of rotatable bonds is 5. The van der Waals surface area contributed by atoms with Gasteiger partial charge in [0.2, 0.25) is 0 Å². The van der Waals surface area contributed by atoms with Gasteiger partial charge in [0.05, 0.1) is 5.56 Å². The van der Waals surface area contributed by atoms with Crippen LogP contribution in [0.25, 0.3) is 0 Å². The zero-order valence-electron chi connectivity index (χ0n) is 9.11. The van der Waals surface area contributed by atoms with E-state index in [0.717, 1.165) is 3.57 Å². The second-order valence-electron chi connectivity index (χ2n) is 3.18. The van der Waals surface area contributed by atoms with E-state index in [4.69, 9.17) is 4.74 Å². The number of carbonyl (C=O) groups is 2. The van der Waals surface area contributed by atoms with Crippen molar-refractivity contribution in [2.24, 2.45) is 0 Å². The number of hydrogen-bond acceptors (Lipinski definition) is 3.